The largest absolute Gasteiger partial charge is 0.505 e. The van der Waals surface area contributed by atoms with Crippen LogP contribution in [0, 0.1) is 0 Å². The van der Waals surface area contributed by atoms with Gasteiger partial charge in [0.1, 0.15) is 18.0 Å². The second-order valence-electron chi connectivity index (χ2n) is 5.84. The third-order valence-electron chi connectivity index (χ3n) is 3.97. The van der Waals surface area contributed by atoms with Crippen LogP contribution in [0.25, 0.3) is 11.3 Å². The molecule has 3 aromatic rings. The van der Waals surface area contributed by atoms with Gasteiger partial charge in [0, 0.05) is 11.8 Å². The first-order valence-electron chi connectivity index (χ1n) is 8.12. The Morgan fingerprint density at radius 3 is 2.67 bits per heavy atom. The number of carbonyl (C=O) groups excluding carboxylic acids is 1. The topological polar surface area (TPSA) is 130 Å². The zero-order chi connectivity index (χ0) is 19.4. The fourth-order valence-electron chi connectivity index (χ4n) is 2.49. The molecule has 1 amide bonds. The predicted molar refractivity (Wildman–Crippen MR) is 95.1 cm³/mol. The van der Waals surface area contributed by atoms with Crippen molar-refractivity contribution in [2.75, 3.05) is 6.54 Å². The van der Waals surface area contributed by atoms with Crippen LogP contribution in [0.15, 0.2) is 48.8 Å². The van der Waals surface area contributed by atoms with Crippen molar-refractivity contribution >= 4 is 11.9 Å². The van der Waals surface area contributed by atoms with Crippen molar-refractivity contribution in [2.24, 2.45) is 0 Å². The van der Waals surface area contributed by atoms with Crippen LogP contribution in [0.4, 0.5) is 0 Å². The molecule has 3 N–H and O–H groups in total. The molecule has 0 bridgehead atoms. The zero-order valence-corrected chi connectivity index (χ0v) is 14.4. The molecule has 9 heteroatoms. The molecule has 0 aliphatic carbocycles. The number of carboxylic acids is 1. The van der Waals surface area contributed by atoms with Crippen LogP contribution < -0.4 is 5.32 Å². The summed E-state index contributed by atoms with van der Waals surface area (Å²) in [5, 5.41) is 29.0. The molecule has 9 nitrogen and oxygen atoms in total. The van der Waals surface area contributed by atoms with Gasteiger partial charge in [0.25, 0.3) is 5.91 Å². The number of aliphatic carboxylic acids is 1. The summed E-state index contributed by atoms with van der Waals surface area (Å²) in [4.78, 5) is 26.3. The molecule has 0 saturated heterocycles. The van der Waals surface area contributed by atoms with Gasteiger partial charge >= 0.3 is 5.97 Å². The van der Waals surface area contributed by atoms with E-state index in [9.17, 15) is 14.7 Å². The molecule has 1 atom stereocenters. The molecule has 0 aliphatic rings. The minimum Gasteiger partial charge on any atom is -0.505 e. The normalized spacial score (nSPS) is 11.7. The maximum Gasteiger partial charge on any atom is 0.322 e. The molecule has 0 radical (unpaired) electrons. The van der Waals surface area contributed by atoms with Gasteiger partial charge in [0.2, 0.25) is 0 Å². The fraction of sp³-hybridized carbons (Fsp3) is 0.167. The number of carboxylic acid groups (broad SMARTS) is 1. The van der Waals surface area contributed by atoms with Gasteiger partial charge in [0.15, 0.2) is 5.69 Å². The summed E-state index contributed by atoms with van der Waals surface area (Å²) in [5.74, 6) is -2.34. The standard InChI is InChI=1S/C18H17N5O4/c1-11(12-5-3-2-4-6-12)23-10-14(21-22-23)13-7-15(24)17(19-8-13)18(27)20-9-16(25)26/h2-8,10-11,24H,9H2,1H3,(H,20,27)(H,25,26). The van der Waals surface area contributed by atoms with Gasteiger partial charge in [-0.3, -0.25) is 9.59 Å². The zero-order valence-electron chi connectivity index (χ0n) is 14.4. The molecule has 3 rings (SSSR count). The van der Waals surface area contributed by atoms with Crippen LogP contribution in [0.3, 0.4) is 0 Å². The van der Waals surface area contributed by atoms with Gasteiger partial charge in [-0.1, -0.05) is 35.5 Å². The highest BCUT2D eigenvalue weighted by Gasteiger charge is 2.17. The lowest BCUT2D eigenvalue weighted by Crippen LogP contribution is -2.29. The van der Waals surface area contributed by atoms with Crippen LogP contribution in [0.2, 0.25) is 0 Å². The van der Waals surface area contributed by atoms with E-state index in [2.05, 4.69) is 20.6 Å². The number of aromatic hydroxyl groups is 1. The monoisotopic (exact) mass is 367 g/mol. The number of amides is 1. The predicted octanol–water partition coefficient (Wildman–Crippen LogP) is 1.47. The Morgan fingerprint density at radius 2 is 2.00 bits per heavy atom. The van der Waals surface area contributed by atoms with E-state index in [0.717, 1.165) is 5.56 Å². The molecule has 0 spiro atoms. The van der Waals surface area contributed by atoms with Crippen LogP contribution in [-0.2, 0) is 4.79 Å². The van der Waals surface area contributed by atoms with Gasteiger partial charge in [-0.25, -0.2) is 9.67 Å². The van der Waals surface area contributed by atoms with Crippen molar-refractivity contribution in [2.45, 2.75) is 13.0 Å². The molecule has 1 aromatic carbocycles. The summed E-state index contributed by atoms with van der Waals surface area (Å²) >= 11 is 0. The molecule has 2 aromatic heterocycles. The fourth-order valence-corrected chi connectivity index (χ4v) is 2.49. The van der Waals surface area contributed by atoms with Crippen LogP contribution in [0.1, 0.15) is 29.0 Å². The van der Waals surface area contributed by atoms with E-state index in [1.807, 2.05) is 37.3 Å². The van der Waals surface area contributed by atoms with E-state index in [4.69, 9.17) is 5.11 Å². The number of carbonyl (C=O) groups is 2. The number of hydrogen-bond acceptors (Lipinski definition) is 6. The Balaban J connectivity index is 1.80. The summed E-state index contributed by atoms with van der Waals surface area (Å²) in [7, 11) is 0. The Bertz CT molecular complexity index is 971. The number of nitrogens with one attached hydrogen (secondary N) is 1. The van der Waals surface area contributed by atoms with E-state index in [1.165, 1.54) is 12.3 Å². The molecule has 27 heavy (non-hydrogen) atoms. The number of benzene rings is 1. The summed E-state index contributed by atoms with van der Waals surface area (Å²) in [6.45, 7) is 1.42. The first-order valence-corrected chi connectivity index (χ1v) is 8.12. The highest BCUT2D eigenvalue weighted by Crippen LogP contribution is 2.24. The lowest BCUT2D eigenvalue weighted by molar-refractivity contribution is -0.135. The second-order valence-corrected chi connectivity index (χ2v) is 5.84. The highest BCUT2D eigenvalue weighted by molar-refractivity contribution is 5.96. The lowest BCUT2D eigenvalue weighted by Gasteiger charge is -2.11. The molecule has 0 fully saturated rings. The maximum atomic E-state index is 11.8. The molecule has 2 heterocycles. The van der Waals surface area contributed by atoms with Crippen molar-refractivity contribution in [1.29, 1.82) is 0 Å². The average Bonchev–Trinajstić information content (AvgIpc) is 3.16. The van der Waals surface area contributed by atoms with E-state index in [1.54, 1.807) is 10.9 Å². The average molecular weight is 367 g/mol. The van der Waals surface area contributed by atoms with Crippen molar-refractivity contribution in [3.05, 3.63) is 60.0 Å². The summed E-state index contributed by atoms with van der Waals surface area (Å²) in [6, 6.07) is 11.1. The van der Waals surface area contributed by atoms with Gasteiger partial charge < -0.3 is 15.5 Å². The Kier molecular flexibility index (Phi) is 5.11. The van der Waals surface area contributed by atoms with Crippen LogP contribution >= 0.6 is 0 Å². The summed E-state index contributed by atoms with van der Waals surface area (Å²) in [5.41, 5.74) is 1.78. The van der Waals surface area contributed by atoms with Crippen molar-refractivity contribution in [3.63, 3.8) is 0 Å². The number of pyridine rings is 1. The maximum absolute atomic E-state index is 11.8. The number of rotatable bonds is 6. The number of hydrogen-bond donors (Lipinski definition) is 3. The van der Waals surface area contributed by atoms with E-state index >= 15 is 0 Å². The molecular formula is C18H17N5O4. The van der Waals surface area contributed by atoms with Gasteiger partial charge in [-0.2, -0.15) is 0 Å². The number of aromatic nitrogens is 4. The van der Waals surface area contributed by atoms with E-state index < -0.39 is 18.4 Å². The Hall–Kier alpha value is -3.75. The second kappa shape index (κ2) is 7.65. The smallest absolute Gasteiger partial charge is 0.322 e. The third kappa shape index (κ3) is 4.09. The molecule has 0 aliphatic heterocycles. The van der Waals surface area contributed by atoms with Gasteiger partial charge in [0.05, 0.1) is 12.2 Å². The van der Waals surface area contributed by atoms with E-state index in [0.29, 0.717) is 11.3 Å². The van der Waals surface area contributed by atoms with Crippen LogP contribution in [0.5, 0.6) is 5.75 Å². The van der Waals surface area contributed by atoms with Crippen molar-refractivity contribution in [1.82, 2.24) is 25.3 Å². The highest BCUT2D eigenvalue weighted by atomic mass is 16.4. The quantitative estimate of drug-likeness (QED) is 0.601. The number of nitrogens with zero attached hydrogens (tertiary/aromatic N) is 4. The van der Waals surface area contributed by atoms with Gasteiger partial charge in [-0.05, 0) is 18.6 Å². The Morgan fingerprint density at radius 1 is 1.26 bits per heavy atom. The molecule has 0 saturated carbocycles. The van der Waals surface area contributed by atoms with Crippen molar-refractivity contribution < 1.29 is 19.8 Å². The van der Waals surface area contributed by atoms with Crippen LogP contribution in [-0.4, -0.2) is 48.6 Å². The lowest BCUT2D eigenvalue weighted by atomic mass is 10.1. The third-order valence-corrected chi connectivity index (χ3v) is 3.97. The Labute approximate surface area is 154 Å². The summed E-state index contributed by atoms with van der Waals surface area (Å²) in [6.07, 6.45) is 3.09. The minimum absolute atomic E-state index is 0.0323. The van der Waals surface area contributed by atoms with Crippen molar-refractivity contribution in [3.8, 4) is 17.0 Å². The van der Waals surface area contributed by atoms with E-state index in [-0.39, 0.29) is 17.5 Å². The molecule has 138 valence electrons. The SMILES string of the molecule is CC(c1ccccc1)n1cc(-c2cnc(C(=O)NCC(=O)O)c(O)c2)nn1. The molecule has 1 unspecified atom stereocenters. The minimum atomic E-state index is -1.19. The first kappa shape index (κ1) is 18.1. The van der Waals surface area contributed by atoms with Gasteiger partial charge in [-0.15, -0.1) is 5.10 Å². The first-order chi connectivity index (χ1) is 13.0. The molecular weight excluding hydrogens is 350 g/mol. The summed E-state index contributed by atoms with van der Waals surface area (Å²) < 4.78 is 1.69.